The van der Waals surface area contributed by atoms with Crippen molar-refractivity contribution in [2.24, 2.45) is 5.14 Å². The Morgan fingerprint density at radius 3 is 2.22 bits per heavy atom. The van der Waals surface area contributed by atoms with Crippen LogP contribution in [0.2, 0.25) is 0 Å². The van der Waals surface area contributed by atoms with Gasteiger partial charge in [-0.2, -0.15) is 8.42 Å². The Morgan fingerprint density at radius 1 is 1.67 bits per heavy atom. The second kappa shape index (κ2) is 3.14. The fourth-order valence-corrected chi connectivity index (χ4v) is 0.901. The number of nitrogens with one attached hydrogen (secondary N) is 1. The third kappa shape index (κ3) is 5.74. The summed E-state index contributed by atoms with van der Waals surface area (Å²) in [5, 5.41) is 4.35. The first-order valence-electron chi connectivity index (χ1n) is 1.85. The van der Waals surface area contributed by atoms with Crippen LogP contribution in [0.5, 0.6) is 0 Å². The zero-order chi connectivity index (χ0) is 7.49. The molecule has 0 saturated heterocycles. The highest BCUT2D eigenvalue weighted by Gasteiger charge is 2.04. The van der Waals surface area contributed by atoms with Crippen LogP contribution in [-0.2, 0) is 15.0 Å². The van der Waals surface area contributed by atoms with E-state index in [-0.39, 0.29) is 5.33 Å². The molecule has 0 aromatic heterocycles. The maximum atomic E-state index is 10.2. The zero-order valence-corrected chi connectivity index (χ0v) is 6.70. The van der Waals surface area contributed by atoms with Crippen molar-refractivity contribution >= 4 is 32.0 Å². The van der Waals surface area contributed by atoms with Gasteiger partial charge in [-0.3, -0.25) is 4.79 Å². The summed E-state index contributed by atoms with van der Waals surface area (Å²) in [5.74, 6) is -0.683. The summed E-state index contributed by atoms with van der Waals surface area (Å²) < 4.78 is 21.6. The van der Waals surface area contributed by atoms with Gasteiger partial charge < -0.3 is 0 Å². The Hall–Kier alpha value is -0.140. The van der Waals surface area contributed by atoms with Crippen LogP contribution in [0.1, 0.15) is 0 Å². The Balaban J connectivity index is 3.91. The molecule has 0 unspecified atom stereocenters. The highest BCUT2D eigenvalue weighted by Crippen LogP contribution is 1.78. The summed E-state index contributed by atoms with van der Waals surface area (Å²) in [4.78, 5) is 10.2. The number of hydrogen-bond acceptors (Lipinski definition) is 3. The van der Waals surface area contributed by atoms with Gasteiger partial charge in [0.2, 0.25) is 5.91 Å². The van der Waals surface area contributed by atoms with Crippen LogP contribution in [0.25, 0.3) is 0 Å². The van der Waals surface area contributed by atoms with Gasteiger partial charge in [-0.15, -0.1) is 0 Å². The minimum absolute atomic E-state index is 0.0799. The molecule has 0 rings (SSSR count). The SMILES string of the molecule is NS(=O)(=O)NC(=O)CBr. The van der Waals surface area contributed by atoms with Crippen LogP contribution in [0.15, 0.2) is 0 Å². The smallest absolute Gasteiger partial charge is 0.273 e. The molecule has 0 saturated carbocycles. The molecule has 0 aliphatic heterocycles. The van der Waals surface area contributed by atoms with Gasteiger partial charge >= 0.3 is 0 Å². The second-order valence-electron chi connectivity index (χ2n) is 1.20. The van der Waals surface area contributed by atoms with E-state index in [1.165, 1.54) is 4.72 Å². The van der Waals surface area contributed by atoms with E-state index in [4.69, 9.17) is 0 Å². The number of amides is 1. The number of hydrogen-bond donors (Lipinski definition) is 2. The lowest BCUT2D eigenvalue weighted by atomic mass is 10.8. The van der Waals surface area contributed by atoms with Gasteiger partial charge in [0.15, 0.2) is 0 Å². The quantitative estimate of drug-likeness (QED) is 0.563. The van der Waals surface area contributed by atoms with Gasteiger partial charge in [0.25, 0.3) is 10.2 Å². The molecule has 1 amide bonds. The van der Waals surface area contributed by atoms with Gasteiger partial charge in [0.1, 0.15) is 0 Å². The molecule has 0 aliphatic carbocycles. The normalized spacial score (nSPS) is 10.9. The molecular weight excluding hydrogens is 212 g/mol. The van der Waals surface area contributed by atoms with Gasteiger partial charge in [-0.25, -0.2) is 9.86 Å². The Labute approximate surface area is 60.9 Å². The van der Waals surface area contributed by atoms with Crippen molar-refractivity contribution in [3.05, 3.63) is 0 Å². The van der Waals surface area contributed by atoms with Crippen LogP contribution in [0, 0.1) is 0 Å². The van der Waals surface area contributed by atoms with Crippen molar-refractivity contribution in [2.45, 2.75) is 0 Å². The van der Waals surface area contributed by atoms with Crippen molar-refractivity contribution in [2.75, 3.05) is 5.33 Å². The Morgan fingerprint density at radius 2 is 2.11 bits per heavy atom. The summed E-state index contributed by atoms with van der Waals surface area (Å²) in [6, 6.07) is 0. The zero-order valence-electron chi connectivity index (χ0n) is 4.30. The maximum absolute atomic E-state index is 10.2. The van der Waals surface area contributed by atoms with E-state index in [9.17, 15) is 13.2 Å². The van der Waals surface area contributed by atoms with E-state index in [0.29, 0.717) is 0 Å². The lowest BCUT2D eigenvalue weighted by Crippen LogP contribution is -2.36. The topological polar surface area (TPSA) is 89.3 Å². The van der Waals surface area contributed by atoms with Gasteiger partial charge in [-0.05, 0) is 0 Å². The standard InChI is InChI=1S/C2H5BrN2O3S/c3-1-2(6)5-9(4,7)8/h1H2,(H,5,6)(H2,4,7,8). The van der Waals surface area contributed by atoms with Crippen LogP contribution >= 0.6 is 15.9 Å². The third-order valence-corrected chi connectivity index (χ3v) is 1.40. The third-order valence-electron chi connectivity index (χ3n) is 0.377. The highest BCUT2D eigenvalue weighted by molar-refractivity contribution is 9.09. The molecule has 5 nitrogen and oxygen atoms in total. The molecule has 0 aliphatic rings. The summed E-state index contributed by atoms with van der Waals surface area (Å²) in [5.41, 5.74) is 0. The van der Waals surface area contributed by atoms with Gasteiger partial charge in [0, 0.05) is 0 Å². The van der Waals surface area contributed by atoms with Crippen LogP contribution in [0.3, 0.4) is 0 Å². The molecule has 0 fully saturated rings. The molecule has 0 aromatic carbocycles. The molecule has 9 heavy (non-hydrogen) atoms. The van der Waals surface area contributed by atoms with E-state index in [0.717, 1.165) is 0 Å². The Bertz CT molecular complexity index is 198. The molecule has 54 valence electrons. The molecular formula is C2H5BrN2O3S. The largest absolute Gasteiger partial charge is 0.298 e. The average Bonchev–Trinajstić information content (AvgIpc) is 1.62. The lowest BCUT2D eigenvalue weighted by Gasteiger charge is -1.95. The van der Waals surface area contributed by atoms with Gasteiger partial charge in [-0.1, -0.05) is 15.9 Å². The average molecular weight is 217 g/mol. The van der Waals surface area contributed by atoms with Crippen molar-refractivity contribution in [1.29, 1.82) is 0 Å². The van der Waals surface area contributed by atoms with Crippen LogP contribution in [0.4, 0.5) is 0 Å². The first-order chi connectivity index (χ1) is 3.95. The first-order valence-corrected chi connectivity index (χ1v) is 4.52. The summed E-state index contributed by atoms with van der Waals surface area (Å²) in [6.07, 6.45) is 0. The number of nitrogens with two attached hydrogens (primary N) is 1. The van der Waals surface area contributed by atoms with E-state index in [2.05, 4.69) is 21.1 Å². The first kappa shape index (κ1) is 8.86. The maximum Gasteiger partial charge on any atom is 0.298 e. The molecule has 0 aromatic rings. The molecule has 7 heteroatoms. The number of carbonyl (C=O) groups is 1. The summed E-state index contributed by atoms with van der Waals surface area (Å²) >= 11 is 2.74. The van der Waals surface area contributed by atoms with Gasteiger partial charge in [0.05, 0.1) is 5.33 Å². The molecule has 3 N–H and O–H groups in total. The fourth-order valence-electron chi connectivity index (χ4n) is 0.186. The van der Waals surface area contributed by atoms with Crippen molar-refractivity contribution in [3.8, 4) is 0 Å². The molecule has 0 radical (unpaired) electrons. The van der Waals surface area contributed by atoms with Crippen molar-refractivity contribution in [1.82, 2.24) is 4.72 Å². The number of halogens is 1. The monoisotopic (exact) mass is 216 g/mol. The minimum atomic E-state index is -3.86. The summed E-state index contributed by atoms with van der Waals surface area (Å²) in [7, 11) is -3.86. The van der Waals surface area contributed by atoms with Crippen LogP contribution in [-0.4, -0.2) is 19.7 Å². The predicted octanol–water partition coefficient (Wildman–Crippen LogP) is -1.30. The van der Waals surface area contributed by atoms with E-state index in [1.807, 2.05) is 0 Å². The van der Waals surface area contributed by atoms with E-state index < -0.39 is 16.1 Å². The molecule has 0 atom stereocenters. The second-order valence-corrected chi connectivity index (χ2v) is 3.06. The fraction of sp³-hybridized carbons (Fsp3) is 0.500. The Kier molecular flexibility index (Phi) is 3.09. The highest BCUT2D eigenvalue weighted by atomic mass is 79.9. The molecule has 0 bridgehead atoms. The predicted molar refractivity (Wildman–Crippen MR) is 35.0 cm³/mol. The van der Waals surface area contributed by atoms with Crippen molar-refractivity contribution in [3.63, 3.8) is 0 Å². The number of carbonyl (C=O) groups excluding carboxylic acids is 1. The minimum Gasteiger partial charge on any atom is -0.273 e. The molecule has 0 heterocycles. The summed E-state index contributed by atoms with van der Waals surface area (Å²) in [6.45, 7) is 0. The van der Waals surface area contributed by atoms with Crippen molar-refractivity contribution < 1.29 is 13.2 Å². The van der Waals surface area contributed by atoms with Crippen LogP contribution < -0.4 is 9.86 Å². The van der Waals surface area contributed by atoms with E-state index >= 15 is 0 Å². The number of alkyl halides is 1. The van der Waals surface area contributed by atoms with E-state index in [1.54, 1.807) is 0 Å². The lowest BCUT2D eigenvalue weighted by molar-refractivity contribution is -0.116. The molecule has 0 spiro atoms. The number of rotatable bonds is 2.